The van der Waals surface area contributed by atoms with Gasteiger partial charge in [-0.05, 0) is 54.1 Å². The number of ether oxygens (including phenoxy) is 2. The number of hydrogen-bond donors (Lipinski definition) is 1. The molecule has 4 aromatic rings. The van der Waals surface area contributed by atoms with Crippen LogP contribution in [0.15, 0.2) is 107 Å². The van der Waals surface area contributed by atoms with Crippen LogP contribution >= 0.6 is 0 Å². The Morgan fingerprint density at radius 2 is 1.64 bits per heavy atom. The van der Waals surface area contributed by atoms with E-state index in [2.05, 4.69) is 0 Å². The van der Waals surface area contributed by atoms with E-state index < -0.39 is 17.7 Å². The highest BCUT2D eigenvalue weighted by atomic mass is 16.5. The summed E-state index contributed by atoms with van der Waals surface area (Å²) in [7, 11) is 1.51. The number of amides is 1. The number of furan rings is 1. The van der Waals surface area contributed by atoms with Crippen LogP contribution in [0.2, 0.25) is 0 Å². The van der Waals surface area contributed by atoms with Gasteiger partial charge in [0.15, 0.2) is 0 Å². The average Bonchev–Trinajstić information content (AvgIpc) is 3.51. The summed E-state index contributed by atoms with van der Waals surface area (Å²) < 4.78 is 16.7. The van der Waals surface area contributed by atoms with Gasteiger partial charge in [-0.15, -0.1) is 0 Å². The highest BCUT2D eigenvalue weighted by molar-refractivity contribution is 6.46. The largest absolute Gasteiger partial charge is 0.507 e. The number of benzene rings is 3. The number of rotatable bonds is 7. The van der Waals surface area contributed by atoms with Crippen molar-refractivity contribution in [2.75, 3.05) is 7.11 Å². The van der Waals surface area contributed by atoms with Crippen molar-refractivity contribution in [2.24, 2.45) is 0 Å². The van der Waals surface area contributed by atoms with Crippen molar-refractivity contribution in [3.63, 3.8) is 0 Å². The van der Waals surface area contributed by atoms with Crippen LogP contribution in [0.25, 0.3) is 5.76 Å². The van der Waals surface area contributed by atoms with E-state index >= 15 is 0 Å². The molecular weight excluding hydrogens is 458 g/mol. The number of aliphatic hydroxyl groups excluding tert-OH is 1. The lowest BCUT2D eigenvalue weighted by molar-refractivity contribution is -0.140. The third-order valence-electron chi connectivity index (χ3n) is 5.94. The van der Waals surface area contributed by atoms with E-state index in [0.29, 0.717) is 34.1 Å². The minimum Gasteiger partial charge on any atom is -0.507 e. The van der Waals surface area contributed by atoms with Gasteiger partial charge in [0.25, 0.3) is 11.7 Å². The number of carbonyl (C=O) groups excluding carboxylic acids is 2. The molecule has 1 aliphatic rings. The molecule has 7 nitrogen and oxygen atoms in total. The smallest absolute Gasteiger partial charge is 0.296 e. The van der Waals surface area contributed by atoms with E-state index in [1.807, 2.05) is 30.3 Å². The molecule has 7 heteroatoms. The molecule has 0 saturated carbocycles. The topological polar surface area (TPSA) is 89.2 Å². The maximum absolute atomic E-state index is 13.3. The van der Waals surface area contributed by atoms with Crippen LogP contribution in [0, 0.1) is 0 Å². The lowest BCUT2D eigenvalue weighted by Crippen LogP contribution is -2.29. The van der Waals surface area contributed by atoms with E-state index in [1.165, 1.54) is 18.3 Å². The zero-order valence-corrected chi connectivity index (χ0v) is 19.5. The third kappa shape index (κ3) is 4.46. The number of hydrogen-bond acceptors (Lipinski definition) is 6. The summed E-state index contributed by atoms with van der Waals surface area (Å²) in [4.78, 5) is 27.9. The van der Waals surface area contributed by atoms with E-state index in [-0.39, 0.29) is 17.9 Å². The second-order valence-corrected chi connectivity index (χ2v) is 8.23. The normalized spacial score (nSPS) is 16.8. The molecule has 1 aliphatic heterocycles. The standard InChI is InChI=1S/C29H23NO6/c1-34-22-12-6-9-20(17-22)27(31)25-26(30(29(33)28(25)32)18-24-14-7-15-35-24)19-8-5-13-23(16-19)36-21-10-3-2-4-11-21/h2-17,26,31H,18H2,1H3. The minimum absolute atomic E-state index is 0.0170. The molecule has 0 bridgehead atoms. The van der Waals surface area contributed by atoms with Gasteiger partial charge in [-0.25, -0.2) is 0 Å². The van der Waals surface area contributed by atoms with Crippen LogP contribution < -0.4 is 9.47 Å². The van der Waals surface area contributed by atoms with Crippen LogP contribution in [0.3, 0.4) is 0 Å². The highest BCUT2D eigenvalue weighted by Crippen LogP contribution is 2.41. The Morgan fingerprint density at radius 1 is 0.889 bits per heavy atom. The summed E-state index contributed by atoms with van der Waals surface area (Å²) in [6, 6.07) is 25.7. The number of aliphatic hydroxyl groups is 1. The number of carbonyl (C=O) groups is 2. The quantitative estimate of drug-likeness (QED) is 0.207. The summed E-state index contributed by atoms with van der Waals surface area (Å²) in [6.45, 7) is 0.0564. The second kappa shape index (κ2) is 9.84. The van der Waals surface area contributed by atoms with E-state index in [9.17, 15) is 14.7 Å². The Balaban J connectivity index is 1.62. The number of para-hydroxylation sites is 1. The first-order valence-electron chi connectivity index (χ1n) is 11.3. The number of methoxy groups -OCH3 is 1. The van der Waals surface area contributed by atoms with E-state index in [0.717, 1.165) is 0 Å². The molecule has 1 unspecified atom stereocenters. The molecule has 0 aliphatic carbocycles. The lowest BCUT2D eigenvalue weighted by Gasteiger charge is -2.25. The molecule has 1 aromatic heterocycles. The van der Waals surface area contributed by atoms with Crippen molar-refractivity contribution < 1.29 is 28.6 Å². The number of likely N-dealkylation sites (tertiary alicyclic amines) is 1. The van der Waals surface area contributed by atoms with Gasteiger partial charge >= 0.3 is 0 Å². The Bertz CT molecular complexity index is 1430. The van der Waals surface area contributed by atoms with Crippen LogP contribution in [0.5, 0.6) is 17.2 Å². The summed E-state index contributed by atoms with van der Waals surface area (Å²) in [5.41, 5.74) is 0.961. The van der Waals surface area contributed by atoms with E-state index in [1.54, 1.807) is 60.7 Å². The van der Waals surface area contributed by atoms with Gasteiger partial charge in [0, 0.05) is 5.56 Å². The molecule has 180 valence electrons. The average molecular weight is 482 g/mol. The highest BCUT2D eigenvalue weighted by Gasteiger charge is 2.46. The van der Waals surface area contributed by atoms with E-state index in [4.69, 9.17) is 13.9 Å². The maximum atomic E-state index is 13.3. The zero-order chi connectivity index (χ0) is 25.1. The van der Waals surface area contributed by atoms with Gasteiger partial charge in [-0.3, -0.25) is 9.59 Å². The molecular formula is C29H23NO6. The minimum atomic E-state index is -0.861. The molecule has 0 radical (unpaired) electrons. The van der Waals surface area contributed by atoms with Crippen LogP contribution in [-0.4, -0.2) is 28.8 Å². The first kappa shape index (κ1) is 23.0. The molecule has 2 heterocycles. The molecule has 1 N–H and O–H groups in total. The molecule has 1 atom stereocenters. The third-order valence-corrected chi connectivity index (χ3v) is 5.94. The second-order valence-electron chi connectivity index (χ2n) is 8.23. The molecule has 3 aromatic carbocycles. The molecule has 0 spiro atoms. The fraction of sp³-hybridized carbons (Fsp3) is 0.103. The molecule has 1 amide bonds. The van der Waals surface area contributed by atoms with Crippen molar-refractivity contribution in [1.82, 2.24) is 4.90 Å². The first-order valence-corrected chi connectivity index (χ1v) is 11.3. The van der Waals surface area contributed by atoms with Gasteiger partial charge in [0.2, 0.25) is 0 Å². The fourth-order valence-corrected chi connectivity index (χ4v) is 4.26. The Morgan fingerprint density at radius 3 is 2.39 bits per heavy atom. The summed E-state index contributed by atoms with van der Waals surface area (Å²) >= 11 is 0. The van der Waals surface area contributed by atoms with Crippen LogP contribution in [0.4, 0.5) is 0 Å². The molecule has 5 rings (SSSR count). The van der Waals surface area contributed by atoms with Gasteiger partial charge in [-0.1, -0.05) is 42.5 Å². The first-order chi connectivity index (χ1) is 17.5. The summed E-state index contributed by atoms with van der Waals surface area (Å²) in [5.74, 6) is 0.419. The zero-order valence-electron chi connectivity index (χ0n) is 19.5. The van der Waals surface area contributed by atoms with Gasteiger partial charge in [-0.2, -0.15) is 0 Å². The number of nitrogens with zero attached hydrogens (tertiary/aromatic N) is 1. The van der Waals surface area contributed by atoms with Gasteiger partial charge in [0.1, 0.15) is 28.8 Å². The van der Waals surface area contributed by atoms with Crippen molar-refractivity contribution in [2.45, 2.75) is 12.6 Å². The monoisotopic (exact) mass is 481 g/mol. The fourth-order valence-electron chi connectivity index (χ4n) is 4.26. The SMILES string of the molecule is COc1cccc(C(O)=C2C(=O)C(=O)N(Cc3ccco3)C2c2cccc(Oc3ccccc3)c2)c1. The van der Waals surface area contributed by atoms with Gasteiger partial charge < -0.3 is 23.9 Å². The van der Waals surface area contributed by atoms with Crippen LogP contribution in [0.1, 0.15) is 22.9 Å². The number of ketones is 1. The van der Waals surface area contributed by atoms with Crippen molar-refractivity contribution >= 4 is 17.4 Å². The Kier molecular flexibility index (Phi) is 6.28. The van der Waals surface area contributed by atoms with Crippen molar-refractivity contribution in [3.8, 4) is 17.2 Å². The Labute approximate surface area is 207 Å². The van der Waals surface area contributed by atoms with Crippen molar-refractivity contribution in [1.29, 1.82) is 0 Å². The summed E-state index contributed by atoms with van der Waals surface area (Å²) in [5, 5.41) is 11.3. The van der Waals surface area contributed by atoms with Crippen molar-refractivity contribution in [3.05, 3.63) is 120 Å². The lowest BCUT2D eigenvalue weighted by atomic mass is 9.95. The molecule has 1 saturated heterocycles. The molecule has 36 heavy (non-hydrogen) atoms. The Hall–Kier alpha value is -4.78. The maximum Gasteiger partial charge on any atom is 0.296 e. The number of Topliss-reactive ketones (excluding diaryl/α,β-unsaturated/α-hetero) is 1. The predicted octanol–water partition coefficient (Wildman–Crippen LogP) is 5.70. The molecule has 1 fully saturated rings. The van der Waals surface area contributed by atoms with Gasteiger partial charge in [0.05, 0.1) is 31.5 Å². The summed E-state index contributed by atoms with van der Waals surface area (Å²) in [6.07, 6.45) is 1.51. The predicted molar refractivity (Wildman–Crippen MR) is 133 cm³/mol. The van der Waals surface area contributed by atoms with Crippen LogP contribution in [-0.2, 0) is 16.1 Å².